The Morgan fingerprint density at radius 2 is 0.587 bits per heavy atom. The molecule has 0 aliphatic heterocycles. The topological polar surface area (TPSA) is 18.5 Å². The summed E-state index contributed by atoms with van der Waals surface area (Å²) in [5, 5.41) is 0.832. The van der Waals surface area contributed by atoms with Crippen molar-refractivity contribution >= 4 is 15.9 Å². The van der Waals surface area contributed by atoms with Gasteiger partial charge in [-0.15, -0.1) is 0 Å². The summed E-state index contributed by atoms with van der Waals surface area (Å²) in [4.78, 5) is 0. The van der Waals surface area contributed by atoms with Gasteiger partial charge >= 0.3 is 0 Å². The van der Waals surface area contributed by atoms with Gasteiger partial charge < -0.3 is 9.47 Å². The third-order valence-corrected chi connectivity index (χ3v) is 10.3. The normalized spacial score (nSPS) is 11.4. The lowest BCUT2D eigenvalue weighted by atomic mass is 10.0. The van der Waals surface area contributed by atoms with Gasteiger partial charge in [0, 0.05) is 11.4 Å². The molecule has 0 heterocycles. The summed E-state index contributed by atoms with van der Waals surface area (Å²) in [7, 11) is 0. The third kappa shape index (κ3) is 29.4. The highest BCUT2D eigenvalue weighted by molar-refractivity contribution is 9.08. The first-order chi connectivity index (χ1) is 22.8. The molecule has 2 nitrogen and oxygen atoms in total. The van der Waals surface area contributed by atoms with Crippen molar-refractivity contribution in [3.8, 4) is 11.5 Å². The fourth-order valence-electron chi connectivity index (χ4n) is 6.55. The van der Waals surface area contributed by atoms with Gasteiger partial charge in [0.15, 0.2) is 0 Å². The average Bonchev–Trinajstić information content (AvgIpc) is 3.07. The van der Waals surface area contributed by atoms with Gasteiger partial charge in [-0.2, -0.15) is 0 Å². The van der Waals surface area contributed by atoms with Crippen LogP contribution in [0.1, 0.15) is 225 Å². The molecule has 0 aromatic heterocycles. The number of halogens is 1. The molecular formula is C43H79BrO2. The Labute approximate surface area is 297 Å². The molecule has 0 unspecified atom stereocenters. The summed E-state index contributed by atoms with van der Waals surface area (Å²) in [6.07, 6.45) is 44.7. The molecule has 0 aliphatic carbocycles. The van der Waals surface area contributed by atoms with Crippen molar-refractivity contribution < 1.29 is 9.47 Å². The SMILES string of the molecule is CCCCCCCCCCCCCCCCCCOc1cc(CBr)cc(OCCCCCCCCCCCCCCCCCC)c1. The minimum Gasteiger partial charge on any atom is -0.493 e. The van der Waals surface area contributed by atoms with Crippen LogP contribution in [0, 0.1) is 0 Å². The molecule has 0 bridgehead atoms. The highest BCUT2D eigenvalue weighted by Crippen LogP contribution is 2.25. The average molecular weight is 708 g/mol. The second kappa shape index (κ2) is 35.6. The van der Waals surface area contributed by atoms with E-state index < -0.39 is 0 Å². The zero-order valence-electron chi connectivity index (χ0n) is 31.2. The fraction of sp³-hybridized carbons (Fsp3) is 0.860. The molecule has 1 aromatic rings. The second-order valence-corrected chi connectivity index (χ2v) is 14.8. The van der Waals surface area contributed by atoms with Crippen LogP contribution in [-0.2, 0) is 5.33 Å². The molecule has 0 amide bonds. The van der Waals surface area contributed by atoms with Crippen LogP contribution in [0.3, 0.4) is 0 Å². The number of rotatable bonds is 37. The van der Waals surface area contributed by atoms with Gasteiger partial charge in [-0.3, -0.25) is 0 Å². The van der Waals surface area contributed by atoms with Gasteiger partial charge in [0.05, 0.1) is 13.2 Å². The van der Waals surface area contributed by atoms with Gasteiger partial charge in [-0.05, 0) is 30.5 Å². The highest BCUT2D eigenvalue weighted by atomic mass is 79.9. The lowest BCUT2D eigenvalue weighted by Gasteiger charge is -2.12. The number of benzene rings is 1. The van der Waals surface area contributed by atoms with Crippen molar-refractivity contribution in [2.24, 2.45) is 0 Å². The van der Waals surface area contributed by atoms with Crippen LogP contribution in [0.4, 0.5) is 0 Å². The molecule has 0 atom stereocenters. The first kappa shape index (κ1) is 43.3. The van der Waals surface area contributed by atoms with E-state index in [0.717, 1.165) is 42.9 Å². The minimum absolute atomic E-state index is 0.808. The standard InChI is InChI=1S/C43H79BrO2/c1-3-5-7-9-11-13-15-17-19-21-23-25-27-29-31-33-35-45-42-37-41(40-44)38-43(39-42)46-36-34-32-30-28-26-24-22-20-18-16-14-12-10-8-6-4-2/h37-39H,3-36,40H2,1-2H3. The van der Waals surface area contributed by atoms with E-state index in [-0.39, 0.29) is 0 Å². The van der Waals surface area contributed by atoms with E-state index in [1.165, 1.54) is 198 Å². The third-order valence-electron chi connectivity index (χ3n) is 9.63. The Hall–Kier alpha value is -0.700. The molecule has 0 radical (unpaired) electrons. The quantitative estimate of drug-likeness (QED) is 0.0506. The van der Waals surface area contributed by atoms with Crippen molar-refractivity contribution in [3.05, 3.63) is 23.8 Å². The second-order valence-electron chi connectivity index (χ2n) is 14.2. The van der Waals surface area contributed by atoms with E-state index in [0.29, 0.717) is 0 Å². The maximum atomic E-state index is 6.14. The predicted molar refractivity (Wildman–Crippen MR) is 209 cm³/mol. The Bertz CT molecular complexity index is 679. The lowest BCUT2D eigenvalue weighted by Crippen LogP contribution is -2.01. The predicted octanol–water partition coefficient (Wildman–Crippen LogP) is 15.9. The van der Waals surface area contributed by atoms with Gasteiger partial charge in [0.2, 0.25) is 0 Å². The van der Waals surface area contributed by atoms with Crippen LogP contribution in [0.25, 0.3) is 0 Å². The van der Waals surface area contributed by atoms with Crippen molar-refractivity contribution in [3.63, 3.8) is 0 Å². The Balaban J connectivity index is 1.95. The number of unbranched alkanes of at least 4 members (excludes halogenated alkanes) is 30. The number of ether oxygens (including phenoxy) is 2. The lowest BCUT2D eigenvalue weighted by molar-refractivity contribution is 0.289. The van der Waals surface area contributed by atoms with Crippen LogP contribution in [0.2, 0.25) is 0 Å². The maximum absolute atomic E-state index is 6.14. The van der Waals surface area contributed by atoms with Crippen molar-refractivity contribution in [1.29, 1.82) is 0 Å². The van der Waals surface area contributed by atoms with Crippen LogP contribution >= 0.6 is 15.9 Å². The Morgan fingerprint density at radius 1 is 0.348 bits per heavy atom. The molecule has 0 N–H and O–H groups in total. The van der Waals surface area contributed by atoms with E-state index >= 15 is 0 Å². The van der Waals surface area contributed by atoms with Gasteiger partial charge in [-0.1, -0.05) is 222 Å². The molecule has 46 heavy (non-hydrogen) atoms. The molecule has 0 spiro atoms. The Morgan fingerprint density at radius 3 is 0.826 bits per heavy atom. The van der Waals surface area contributed by atoms with Crippen LogP contribution in [0.15, 0.2) is 18.2 Å². The molecule has 270 valence electrons. The Kier molecular flexibility index (Phi) is 33.5. The van der Waals surface area contributed by atoms with Crippen molar-refractivity contribution in [1.82, 2.24) is 0 Å². The van der Waals surface area contributed by atoms with Crippen LogP contribution in [-0.4, -0.2) is 13.2 Å². The van der Waals surface area contributed by atoms with E-state index in [1.54, 1.807) is 0 Å². The molecule has 0 saturated heterocycles. The summed E-state index contributed by atoms with van der Waals surface area (Å²) in [5.41, 5.74) is 1.23. The summed E-state index contributed by atoms with van der Waals surface area (Å²) >= 11 is 3.62. The summed E-state index contributed by atoms with van der Waals surface area (Å²) < 4.78 is 12.3. The largest absolute Gasteiger partial charge is 0.493 e. The number of hydrogen-bond acceptors (Lipinski definition) is 2. The van der Waals surface area contributed by atoms with Gasteiger partial charge in [0.1, 0.15) is 11.5 Å². The zero-order chi connectivity index (χ0) is 33.0. The summed E-state index contributed by atoms with van der Waals surface area (Å²) in [6.45, 7) is 6.22. The molecule has 0 aliphatic rings. The molecule has 3 heteroatoms. The van der Waals surface area contributed by atoms with Crippen LogP contribution in [0.5, 0.6) is 11.5 Å². The zero-order valence-corrected chi connectivity index (χ0v) is 32.8. The monoisotopic (exact) mass is 707 g/mol. The minimum atomic E-state index is 0.808. The van der Waals surface area contributed by atoms with E-state index in [9.17, 15) is 0 Å². The smallest absolute Gasteiger partial charge is 0.123 e. The highest BCUT2D eigenvalue weighted by Gasteiger charge is 2.04. The summed E-state index contributed by atoms with van der Waals surface area (Å²) in [6, 6.07) is 6.40. The van der Waals surface area contributed by atoms with Gasteiger partial charge in [0.25, 0.3) is 0 Å². The molecule has 1 aromatic carbocycles. The molecule has 0 fully saturated rings. The van der Waals surface area contributed by atoms with Crippen LogP contribution < -0.4 is 9.47 Å². The summed E-state index contributed by atoms with van der Waals surface area (Å²) in [5.74, 6) is 1.92. The fourth-order valence-corrected chi connectivity index (χ4v) is 6.88. The van der Waals surface area contributed by atoms with E-state index in [4.69, 9.17) is 9.47 Å². The van der Waals surface area contributed by atoms with Crippen molar-refractivity contribution in [2.45, 2.75) is 225 Å². The first-order valence-corrected chi connectivity index (χ1v) is 21.9. The number of alkyl halides is 1. The first-order valence-electron chi connectivity index (χ1n) is 20.8. The van der Waals surface area contributed by atoms with Gasteiger partial charge in [-0.25, -0.2) is 0 Å². The molecule has 0 saturated carbocycles. The number of hydrogen-bond donors (Lipinski definition) is 0. The molecule has 1 rings (SSSR count). The maximum Gasteiger partial charge on any atom is 0.123 e. The molecular weight excluding hydrogens is 628 g/mol. The van der Waals surface area contributed by atoms with E-state index in [1.807, 2.05) is 0 Å². The van der Waals surface area contributed by atoms with Crippen molar-refractivity contribution in [2.75, 3.05) is 13.2 Å². The van der Waals surface area contributed by atoms with E-state index in [2.05, 4.69) is 48.0 Å².